The van der Waals surface area contributed by atoms with Crippen LogP contribution in [0.1, 0.15) is 16.3 Å². The number of thiazole rings is 1. The highest BCUT2D eigenvalue weighted by molar-refractivity contribution is 7.98. The van der Waals surface area contributed by atoms with Crippen LogP contribution in [-0.4, -0.2) is 32.7 Å². The van der Waals surface area contributed by atoms with E-state index in [1.54, 1.807) is 35.2 Å². The second kappa shape index (κ2) is 7.19. The van der Waals surface area contributed by atoms with Crippen molar-refractivity contribution in [3.63, 3.8) is 0 Å². The van der Waals surface area contributed by atoms with Crippen molar-refractivity contribution in [2.45, 2.75) is 24.7 Å². The van der Waals surface area contributed by atoms with Gasteiger partial charge in [-0.25, -0.2) is 19.3 Å². The van der Waals surface area contributed by atoms with Crippen molar-refractivity contribution in [2.75, 3.05) is 12.8 Å². The Morgan fingerprint density at radius 3 is 2.88 bits per heavy atom. The summed E-state index contributed by atoms with van der Waals surface area (Å²) >= 11 is 3.23. The van der Waals surface area contributed by atoms with Crippen molar-refractivity contribution in [1.82, 2.24) is 19.9 Å². The van der Waals surface area contributed by atoms with E-state index in [0.717, 1.165) is 47.5 Å². The topological polar surface area (TPSA) is 41.9 Å². The van der Waals surface area contributed by atoms with Gasteiger partial charge in [0.1, 0.15) is 10.8 Å². The molecule has 0 spiro atoms. The van der Waals surface area contributed by atoms with Gasteiger partial charge in [-0.3, -0.25) is 4.90 Å². The van der Waals surface area contributed by atoms with Crippen molar-refractivity contribution >= 4 is 23.1 Å². The summed E-state index contributed by atoms with van der Waals surface area (Å²) in [4.78, 5) is 16.1. The van der Waals surface area contributed by atoms with Gasteiger partial charge in [0.2, 0.25) is 0 Å². The fourth-order valence-corrected chi connectivity index (χ4v) is 4.12. The van der Waals surface area contributed by atoms with Gasteiger partial charge >= 0.3 is 0 Å². The molecule has 25 heavy (non-hydrogen) atoms. The van der Waals surface area contributed by atoms with E-state index in [1.165, 1.54) is 23.4 Å². The summed E-state index contributed by atoms with van der Waals surface area (Å²) in [5.41, 5.74) is 4.23. The Bertz CT molecular complexity index is 879. The van der Waals surface area contributed by atoms with Crippen LogP contribution in [0.5, 0.6) is 0 Å². The summed E-state index contributed by atoms with van der Waals surface area (Å²) in [6.45, 7) is 2.65. The van der Waals surface area contributed by atoms with Gasteiger partial charge in [0.05, 0.1) is 17.9 Å². The van der Waals surface area contributed by atoms with Crippen molar-refractivity contribution in [2.24, 2.45) is 0 Å². The third-order valence-electron chi connectivity index (χ3n) is 4.22. The molecule has 1 aromatic carbocycles. The van der Waals surface area contributed by atoms with Gasteiger partial charge in [-0.15, -0.1) is 11.3 Å². The number of hydrogen-bond donors (Lipinski definition) is 0. The van der Waals surface area contributed by atoms with E-state index in [-0.39, 0.29) is 5.82 Å². The van der Waals surface area contributed by atoms with Gasteiger partial charge in [0.15, 0.2) is 5.16 Å². The van der Waals surface area contributed by atoms with E-state index in [2.05, 4.69) is 14.9 Å². The molecule has 0 N–H and O–H groups in total. The lowest BCUT2D eigenvalue weighted by Gasteiger charge is -2.27. The summed E-state index contributed by atoms with van der Waals surface area (Å²) in [6, 6.07) is 6.48. The fourth-order valence-electron chi connectivity index (χ4n) is 2.92. The van der Waals surface area contributed by atoms with Crippen molar-refractivity contribution in [3.8, 4) is 11.3 Å². The highest BCUT2D eigenvalue weighted by Gasteiger charge is 2.19. The zero-order valence-corrected chi connectivity index (χ0v) is 15.4. The van der Waals surface area contributed by atoms with Crippen molar-refractivity contribution in [3.05, 3.63) is 57.9 Å². The highest BCUT2D eigenvalue weighted by Crippen LogP contribution is 2.25. The standard InChI is InChI=1S/C18H17FN4S2/c1-24-18-20-8-13-9-23(7-6-15(13)22-18)10-17-21-16(11-25-17)12-2-4-14(19)5-3-12/h2-5,8,11H,6-7,9-10H2,1H3. The quantitative estimate of drug-likeness (QED) is 0.511. The lowest BCUT2D eigenvalue weighted by molar-refractivity contribution is 0.242. The van der Waals surface area contributed by atoms with Crippen LogP contribution in [0.15, 0.2) is 41.0 Å². The second-order valence-corrected chi connectivity index (χ2v) is 7.64. The van der Waals surface area contributed by atoms with Crippen LogP contribution in [0.2, 0.25) is 0 Å². The monoisotopic (exact) mass is 372 g/mol. The molecule has 4 rings (SSSR count). The lowest BCUT2D eigenvalue weighted by atomic mass is 10.1. The van der Waals surface area contributed by atoms with Crippen LogP contribution in [0.25, 0.3) is 11.3 Å². The molecule has 3 aromatic rings. The first-order chi connectivity index (χ1) is 12.2. The Labute approximate surface area is 154 Å². The molecular weight excluding hydrogens is 355 g/mol. The van der Waals surface area contributed by atoms with Crippen molar-refractivity contribution in [1.29, 1.82) is 0 Å². The van der Waals surface area contributed by atoms with Crippen LogP contribution in [0, 0.1) is 5.82 Å². The van der Waals surface area contributed by atoms with E-state index in [4.69, 9.17) is 4.98 Å². The summed E-state index contributed by atoms with van der Waals surface area (Å²) in [6.07, 6.45) is 4.89. The summed E-state index contributed by atoms with van der Waals surface area (Å²) in [5, 5.41) is 3.95. The highest BCUT2D eigenvalue weighted by atomic mass is 32.2. The van der Waals surface area contributed by atoms with E-state index < -0.39 is 0 Å². The molecule has 0 atom stereocenters. The molecule has 4 nitrogen and oxygen atoms in total. The van der Waals surface area contributed by atoms with E-state index in [0.29, 0.717) is 0 Å². The molecule has 0 saturated heterocycles. The Balaban J connectivity index is 1.45. The van der Waals surface area contributed by atoms with Gasteiger partial charge in [0.25, 0.3) is 0 Å². The van der Waals surface area contributed by atoms with Crippen molar-refractivity contribution < 1.29 is 4.39 Å². The van der Waals surface area contributed by atoms with Gasteiger partial charge in [0, 0.05) is 42.2 Å². The largest absolute Gasteiger partial charge is 0.292 e. The average molecular weight is 372 g/mol. The van der Waals surface area contributed by atoms with Crippen LogP contribution in [0.4, 0.5) is 4.39 Å². The van der Waals surface area contributed by atoms with E-state index in [1.807, 2.05) is 17.8 Å². The average Bonchev–Trinajstić information content (AvgIpc) is 3.10. The number of aromatic nitrogens is 3. The molecule has 0 bridgehead atoms. The molecule has 0 amide bonds. The summed E-state index contributed by atoms with van der Waals surface area (Å²) in [5.74, 6) is -0.224. The molecule has 1 aliphatic heterocycles. The molecule has 0 unspecified atom stereocenters. The first-order valence-electron chi connectivity index (χ1n) is 8.03. The minimum absolute atomic E-state index is 0.224. The summed E-state index contributed by atoms with van der Waals surface area (Å²) in [7, 11) is 0. The number of thioether (sulfide) groups is 1. The Morgan fingerprint density at radius 2 is 2.08 bits per heavy atom. The second-order valence-electron chi connectivity index (χ2n) is 5.92. The smallest absolute Gasteiger partial charge is 0.187 e. The molecule has 0 fully saturated rings. The number of halogens is 1. The molecule has 1 aliphatic rings. The minimum atomic E-state index is -0.224. The normalized spacial score (nSPS) is 14.5. The SMILES string of the molecule is CSc1ncc2c(n1)CCN(Cc1nc(-c3ccc(F)cc3)cs1)C2. The Hall–Kier alpha value is -1.83. The number of rotatable bonds is 4. The Morgan fingerprint density at radius 1 is 1.24 bits per heavy atom. The van der Waals surface area contributed by atoms with E-state index >= 15 is 0 Å². The van der Waals surface area contributed by atoms with Crippen LogP contribution < -0.4 is 0 Å². The third-order valence-corrected chi connectivity index (χ3v) is 5.62. The van der Waals surface area contributed by atoms with Gasteiger partial charge in [-0.05, 0) is 30.5 Å². The molecular formula is C18H17FN4S2. The first-order valence-corrected chi connectivity index (χ1v) is 10.1. The molecule has 0 saturated carbocycles. The zero-order chi connectivity index (χ0) is 17.2. The molecule has 2 aromatic heterocycles. The molecule has 128 valence electrons. The number of fused-ring (bicyclic) bond motifs is 1. The predicted octanol–water partition coefficient (Wildman–Crippen LogP) is 4.02. The van der Waals surface area contributed by atoms with Gasteiger partial charge < -0.3 is 0 Å². The molecule has 3 heterocycles. The Kier molecular flexibility index (Phi) is 4.78. The van der Waals surface area contributed by atoms with Crippen LogP contribution in [-0.2, 0) is 19.5 Å². The maximum absolute atomic E-state index is 13.0. The lowest BCUT2D eigenvalue weighted by Crippen LogP contribution is -2.30. The number of nitrogens with zero attached hydrogens (tertiary/aromatic N) is 4. The van der Waals surface area contributed by atoms with Crippen LogP contribution in [0.3, 0.4) is 0 Å². The fraction of sp³-hybridized carbons (Fsp3) is 0.278. The number of benzene rings is 1. The van der Waals surface area contributed by atoms with Crippen LogP contribution >= 0.6 is 23.1 Å². The maximum Gasteiger partial charge on any atom is 0.187 e. The maximum atomic E-state index is 13.0. The zero-order valence-electron chi connectivity index (χ0n) is 13.8. The predicted molar refractivity (Wildman–Crippen MR) is 99.1 cm³/mol. The first kappa shape index (κ1) is 16.6. The third kappa shape index (κ3) is 3.73. The molecule has 0 radical (unpaired) electrons. The summed E-state index contributed by atoms with van der Waals surface area (Å²) < 4.78 is 13.0. The minimum Gasteiger partial charge on any atom is -0.292 e. The molecule has 0 aliphatic carbocycles. The van der Waals surface area contributed by atoms with Gasteiger partial charge in [-0.1, -0.05) is 11.8 Å². The molecule has 7 heteroatoms. The van der Waals surface area contributed by atoms with E-state index in [9.17, 15) is 4.39 Å². The number of hydrogen-bond acceptors (Lipinski definition) is 6. The van der Waals surface area contributed by atoms with Gasteiger partial charge in [-0.2, -0.15) is 0 Å².